The first kappa shape index (κ1) is 15.5. The Morgan fingerprint density at radius 3 is 2.21 bits per heavy atom. The number of carbonyl (C=O) groups is 1. The Morgan fingerprint density at radius 1 is 1.21 bits per heavy atom. The van der Waals surface area contributed by atoms with Crippen molar-refractivity contribution in [2.45, 2.75) is 52.3 Å². The molecule has 1 aromatic rings. The minimum absolute atomic E-state index is 0.139. The van der Waals surface area contributed by atoms with E-state index < -0.39 is 12.0 Å². The SMILES string of the molecule is CC(C)N[C@H](Cc1ccc(OC(C)C)cc1)C(=O)O. The predicted octanol–water partition coefficient (Wildman–Crippen LogP) is 2.47. The van der Waals surface area contributed by atoms with E-state index in [0.29, 0.717) is 6.42 Å². The summed E-state index contributed by atoms with van der Waals surface area (Å²) in [4.78, 5) is 11.2. The van der Waals surface area contributed by atoms with Crippen molar-refractivity contribution in [1.29, 1.82) is 0 Å². The molecule has 0 fully saturated rings. The van der Waals surface area contributed by atoms with Crippen LogP contribution in [0.5, 0.6) is 5.75 Å². The van der Waals surface area contributed by atoms with Crippen molar-refractivity contribution in [2.24, 2.45) is 0 Å². The molecule has 0 bridgehead atoms. The van der Waals surface area contributed by atoms with Crippen LogP contribution in [0.1, 0.15) is 33.3 Å². The highest BCUT2D eigenvalue weighted by Crippen LogP contribution is 2.15. The van der Waals surface area contributed by atoms with Gasteiger partial charge < -0.3 is 15.2 Å². The number of carboxylic acids is 1. The largest absolute Gasteiger partial charge is 0.491 e. The predicted molar refractivity (Wildman–Crippen MR) is 75.6 cm³/mol. The zero-order valence-electron chi connectivity index (χ0n) is 12.0. The highest BCUT2D eigenvalue weighted by atomic mass is 16.5. The van der Waals surface area contributed by atoms with Crippen molar-refractivity contribution in [1.82, 2.24) is 5.32 Å². The van der Waals surface area contributed by atoms with Crippen LogP contribution in [0.15, 0.2) is 24.3 Å². The van der Waals surface area contributed by atoms with E-state index in [-0.39, 0.29) is 12.1 Å². The van der Waals surface area contributed by atoms with Crippen LogP contribution < -0.4 is 10.1 Å². The fourth-order valence-electron chi connectivity index (χ4n) is 1.83. The minimum Gasteiger partial charge on any atom is -0.491 e. The number of nitrogens with one attached hydrogen (secondary N) is 1. The number of carboxylic acid groups (broad SMARTS) is 1. The normalized spacial score (nSPS) is 12.7. The second-order valence-electron chi connectivity index (χ2n) is 5.23. The lowest BCUT2D eigenvalue weighted by Gasteiger charge is -2.17. The van der Waals surface area contributed by atoms with Crippen LogP contribution >= 0.6 is 0 Å². The van der Waals surface area contributed by atoms with Crippen molar-refractivity contribution < 1.29 is 14.6 Å². The van der Waals surface area contributed by atoms with E-state index in [9.17, 15) is 4.79 Å². The highest BCUT2D eigenvalue weighted by molar-refractivity contribution is 5.74. The van der Waals surface area contributed by atoms with Crippen molar-refractivity contribution in [3.05, 3.63) is 29.8 Å². The Bertz CT molecular complexity index is 398. The van der Waals surface area contributed by atoms with Crippen LogP contribution in [-0.4, -0.2) is 29.3 Å². The van der Waals surface area contributed by atoms with Gasteiger partial charge in [-0.3, -0.25) is 4.79 Å². The van der Waals surface area contributed by atoms with Gasteiger partial charge >= 0.3 is 5.97 Å². The molecule has 0 heterocycles. The number of rotatable bonds is 7. The van der Waals surface area contributed by atoms with Crippen molar-refractivity contribution in [2.75, 3.05) is 0 Å². The Labute approximate surface area is 114 Å². The van der Waals surface area contributed by atoms with E-state index in [0.717, 1.165) is 11.3 Å². The number of aliphatic carboxylic acids is 1. The molecule has 19 heavy (non-hydrogen) atoms. The number of benzene rings is 1. The summed E-state index contributed by atoms with van der Waals surface area (Å²) in [6.07, 6.45) is 0.607. The van der Waals surface area contributed by atoms with Gasteiger partial charge in [-0.2, -0.15) is 0 Å². The topological polar surface area (TPSA) is 58.6 Å². The Hall–Kier alpha value is -1.55. The molecule has 0 aliphatic heterocycles. The summed E-state index contributed by atoms with van der Waals surface area (Å²) in [7, 11) is 0. The summed E-state index contributed by atoms with van der Waals surface area (Å²) >= 11 is 0. The van der Waals surface area contributed by atoms with Crippen LogP contribution in [0, 0.1) is 0 Å². The van der Waals surface area contributed by atoms with E-state index in [1.807, 2.05) is 52.0 Å². The Kier molecular flexibility index (Phi) is 5.83. The maximum Gasteiger partial charge on any atom is 0.321 e. The van der Waals surface area contributed by atoms with Crippen LogP contribution in [0.3, 0.4) is 0 Å². The third-order valence-electron chi connectivity index (χ3n) is 2.57. The maximum atomic E-state index is 11.2. The Morgan fingerprint density at radius 2 is 1.79 bits per heavy atom. The van der Waals surface area contributed by atoms with Gasteiger partial charge in [0.1, 0.15) is 11.8 Å². The first-order valence-corrected chi connectivity index (χ1v) is 6.63. The van der Waals surface area contributed by atoms with E-state index in [1.54, 1.807) is 0 Å². The molecule has 2 N–H and O–H groups in total. The fourth-order valence-corrected chi connectivity index (χ4v) is 1.83. The Balaban J connectivity index is 2.67. The van der Waals surface area contributed by atoms with E-state index in [2.05, 4.69) is 5.32 Å². The van der Waals surface area contributed by atoms with Crippen molar-refractivity contribution in [3.8, 4) is 5.75 Å². The molecule has 0 aliphatic carbocycles. The summed E-state index contributed by atoms with van der Waals surface area (Å²) in [5, 5.41) is 12.2. The average molecular weight is 265 g/mol. The first-order valence-electron chi connectivity index (χ1n) is 6.63. The molecule has 0 saturated carbocycles. The van der Waals surface area contributed by atoms with Gasteiger partial charge in [-0.1, -0.05) is 26.0 Å². The number of hydrogen-bond acceptors (Lipinski definition) is 3. The summed E-state index contributed by atoms with van der Waals surface area (Å²) in [6.45, 7) is 7.83. The monoisotopic (exact) mass is 265 g/mol. The molecule has 0 radical (unpaired) electrons. The molecule has 0 amide bonds. The number of hydrogen-bond donors (Lipinski definition) is 2. The molecule has 0 unspecified atom stereocenters. The molecule has 106 valence electrons. The quantitative estimate of drug-likeness (QED) is 0.795. The van der Waals surface area contributed by atoms with Gasteiger partial charge in [0.15, 0.2) is 0 Å². The molecule has 0 spiro atoms. The average Bonchev–Trinajstić information content (AvgIpc) is 2.29. The smallest absolute Gasteiger partial charge is 0.321 e. The lowest BCUT2D eigenvalue weighted by Crippen LogP contribution is -2.42. The third kappa shape index (κ3) is 5.75. The summed E-state index contributed by atoms with van der Waals surface area (Å²) in [5.41, 5.74) is 0.983. The summed E-state index contributed by atoms with van der Waals surface area (Å²) in [5.74, 6) is -0.0151. The summed E-state index contributed by atoms with van der Waals surface area (Å²) < 4.78 is 5.55. The van der Waals surface area contributed by atoms with Gasteiger partial charge in [0.25, 0.3) is 0 Å². The fraction of sp³-hybridized carbons (Fsp3) is 0.533. The molecular weight excluding hydrogens is 242 g/mol. The molecule has 4 nitrogen and oxygen atoms in total. The number of ether oxygens (including phenoxy) is 1. The van der Waals surface area contributed by atoms with Crippen molar-refractivity contribution in [3.63, 3.8) is 0 Å². The van der Waals surface area contributed by atoms with Crippen LogP contribution in [0.2, 0.25) is 0 Å². The molecule has 0 aliphatic rings. The molecule has 4 heteroatoms. The molecule has 0 saturated heterocycles. The van der Waals surface area contributed by atoms with E-state index in [4.69, 9.17) is 9.84 Å². The highest BCUT2D eigenvalue weighted by Gasteiger charge is 2.18. The lowest BCUT2D eigenvalue weighted by atomic mass is 10.1. The lowest BCUT2D eigenvalue weighted by molar-refractivity contribution is -0.139. The summed E-state index contributed by atoms with van der Waals surface area (Å²) in [6, 6.07) is 7.17. The molecular formula is C15H23NO3. The maximum absolute atomic E-state index is 11.2. The van der Waals surface area contributed by atoms with Crippen LogP contribution in [0.25, 0.3) is 0 Å². The van der Waals surface area contributed by atoms with Crippen molar-refractivity contribution >= 4 is 5.97 Å². The van der Waals surface area contributed by atoms with Gasteiger partial charge in [0.2, 0.25) is 0 Å². The van der Waals surface area contributed by atoms with Gasteiger partial charge in [0.05, 0.1) is 6.10 Å². The van der Waals surface area contributed by atoms with Gasteiger partial charge in [-0.05, 0) is 38.0 Å². The molecule has 1 rings (SSSR count). The zero-order valence-corrected chi connectivity index (χ0v) is 12.0. The first-order chi connectivity index (χ1) is 8.88. The third-order valence-corrected chi connectivity index (χ3v) is 2.57. The zero-order chi connectivity index (χ0) is 14.4. The van der Waals surface area contributed by atoms with Gasteiger partial charge in [-0.15, -0.1) is 0 Å². The molecule has 1 atom stereocenters. The van der Waals surface area contributed by atoms with Crippen LogP contribution in [-0.2, 0) is 11.2 Å². The standard InChI is InChI=1S/C15H23NO3/c1-10(2)16-14(15(17)18)9-12-5-7-13(8-6-12)19-11(3)4/h5-8,10-11,14,16H,9H2,1-4H3,(H,17,18)/t14-/m1/s1. The van der Waals surface area contributed by atoms with E-state index in [1.165, 1.54) is 0 Å². The second kappa shape index (κ2) is 7.14. The van der Waals surface area contributed by atoms with E-state index >= 15 is 0 Å². The minimum atomic E-state index is -0.823. The molecule has 0 aromatic heterocycles. The van der Waals surface area contributed by atoms with Gasteiger partial charge in [0, 0.05) is 6.04 Å². The second-order valence-corrected chi connectivity index (χ2v) is 5.23. The molecule has 1 aromatic carbocycles. The van der Waals surface area contributed by atoms with Crippen LogP contribution in [0.4, 0.5) is 0 Å². The van der Waals surface area contributed by atoms with Gasteiger partial charge in [-0.25, -0.2) is 0 Å².